The largest absolute Gasteiger partial charge is 0.580 e. The molecule has 0 amide bonds. The monoisotopic (exact) mass is 335 g/mol. The fraction of sp³-hybridized carbons (Fsp3) is 0.286. The van der Waals surface area contributed by atoms with Gasteiger partial charge in [0, 0.05) is 9.86 Å². The van der Waals surface area contributed by atoms with Crippen molar-refractivity contribution < 1.29 is 14.0 Å². The first-order valence-corrected chi connectivity index (χ1v) is 7.10. The average Bonchev–Trinajstić information content (AvgIpc) is 2.93. The molecule has 0 unspecified atom stereocenters. The van der Waals surface area contributed by atoms with Gasteiger partial charge >= 0.3 is 7.12 Å². The van der Waals surface area contributed by atoms with E-state index < -0.39 is 12.7 Å². The maximum Gasteiger partial charge on any atom is 0.580 e. The van der Waals surface area contributed by atoms with Gasteiger partial charge in [0.25, 0.3) is 0 Å². The Labute approximate surface area is 126 Å². The molecule has 0 saturated carbocycles. The summed E-state index contributed by atoms with van der Waals surface area (Å²) in [6.07, 6.45) is 0. The first-order chi connectivity index (χ1) is 9.42. The van der Waals surface area contributed by atoms with E-state index >= 15 is 0 Å². The van der Waals surface area contributed by atoms with Crippen molar-refractivity contribution >= 4 is 39.5 Å². The summed E-state index contributed by atoms with van der Waals surface area (Å²) in [4.78, 5) is 3.32. The number of nitrogens with one attached hydrogen (secondary N) is 1. The summed E-state index contributed by atoms with van der Waals surface area (Å²) in [7, 11) is 1.18. The van der Waals surface area contributed by atoms with Crippen molar-refractivity contribution in [3.8, 4) is 5.75 Å². The molecule has 1 aromatic carbocycles. The third-order valence-electron chi connectivity index (χ3n) is 3.52. The maximum absolute atomic E-state index is 5.88. The van der Waals surface area contributed by atoms with E-state index in [0.29, 0.717) is 5.76 Å². The summed E-state index contributed by atoms with van der Waals surface area (Å²) in [5.41, 5.74) is 1.32. The Hall–Kier alpha value is -1.40. The van der Waals surface area contributed by atoms with Crippen molar-refractivity contribution in [1.29, 1.82) is 0 Å². The first-order valence-electron chi connectivity index (χ1n) is 6.31. The van der Waals surface area contributed by atoms with E-state index in [-0.39, 0.29) is 0 Å². The Morgan fingerprint density at radius 1 is 1.40 bits per heavy atom. The van der Waals surface area contributed by atoms with Crippen molar-refractivity contribution in [3.63, 3.8) is 0 Å². The SMILES string of the molecule is C=C1OB(c2cc3c(OC)ccc(Br)c3[nH]2)OC1(C)C. The highest BCUT2D eigenvalue weighted by molar-refractivity contribution is 9.10. The van der Waals surface area contributed by atoms with E-state index in [9.17, 15) is 0 Å². The van der Waals surface area contributed by atoms with Crippen LogP contribution in [0.4, 0.5) is 0 Å². The molecule has 0 atom stereocenters. The van der Waals surface area contributed by atoms with Gasteiger partial charge in [-0.2, -0.15) is 0 Å². The molecule has 0 aliphatic carbocycles. The molecule has 1 aromatic heterocycles. The number of aromatic amines is 1. The number of hydrogen-bond donors (Lipinski definition) is 1. The molecule has 1 aliphatic heterocycles. The van der Waals surface area contributed by atoms with Crippen molar-refractivity contribution in [2.75, 3.05) is 7.11 Å². The summed E-state index contributed by atoms with van der Waals surface area (Å²) >= 11 is 3.53. The molecule has 20 heavy (non-hydrogen) atoms. The van der Waals surface area contributed by atoms with Crippen molar-refractivity contribution in [1.82, 2.24) is 4.98 Å². The van der Waals surface area contributed by atoms with Gasteiger partial charge in [0.2, 0.25) is 0 Å². The second-order valence-corrected chi connectivity index (χ2v) is 6.12. The summed E-state index contributed by atoms with van der Waals surface area (Å²) in [5, 5.41) is 0.986. The highest BCUT2D eigenvalue weighted by atomic mass is 79.9. The van der Waals surface area contributed by atoms with Gasteiger partial charge in [-0.1, -0.05) is 6.58 Å². The van der Waals surface area contributed by atoms with E-state index in [0.717, 1.165) is 26.7 Å². The molecule has 0 spiro atoms. The Kier molecular flexibility index (Phi) is 3.10. The fourth-order valence-corrected chi connectivity index (χ4v) is 2.69. The standard InChI is InChI=1S/C14H15BBrNO3/c1-8-14(2,3)20-15(19-8)12-7-9-11(18-4)6-5-10(16)13(9)17-12/h5-7,17H,1H2,2-4H3. The van der Waals surface area contributed by atoms with Gasteiger partial charge < -0.3 is 19.0 Å². The van der Waals surface area contributed by atoms with Gasteiger partial charge in [0.05, 0.1) is 24.0 Å². The number of halogens is 1. The summed E-state index contributed by atoms with van der Waals surface area (Å²) in [6.45, 7) is 7.77. The second kappa shape index (κ2) is 4.57. The summed E-state index contributed by atoms with van der Waals surface area (Å²) < 4.78 is 17.9. The van der Waals surface area contributed by atoms with Crippen LogP contribution in [-0.2, 0) is 9.31 Å². The number of ether oxygens (including phenoxy) is 1. The molecular weight excluding hydrogens is 321 g/mol. The molecule has 1 N–H and O–H groups in total. The second-order valence-electron chi connectivity index (χ2n) is 5.26. The van der Waals surface area contributed by atoms with Gasteiger partial charge in [-0.15, -0.1) is 0 Å². The molecule has 104 valence electrons. The Bertz CT molecular complexity index is 695. The van der Waals surface area contributed by atoms with Gasteiger partial charge in [-0.25, -0.2) is 0 Å². The highest BCUT2D eigenvalue weighted by Crippen LogP contribution is 2.32. The van der Waals surface area contributed by atoms with Crippen LogP contribution in [0, 0.1) is 0 Å². The highest BCUT2D eigenvalue weighted by Gasteiger charge is 2.43. The predicted octanol–water partition coefficient (Wildman–Crippen LogP) is 2.97. The van der Waals surface area contributed by atoms with Crippen LogP contribution in [0.25, 0.3) is 10.9 Å². The lowest BCUT2D eigenvalue weighted by atomic mass is 9.85. The van der Waals surface area contributed by atoms with E-state index in [1.165, 1.54) is 0 Å². The Morgan fingerprint density at radius 2 is 2.15 bits per heavy atom. The van der Waals surface area contributed by atoms with Crippen LogP contribution in [0.15, 0.2) is 35.0 Å². The molecule has 1 aliphatic rings. The molecule has 1 fully saturated rings. The molecule has 2 aromatic rings. The first kappa shape index (κ1) is 13.6. The third kappa shape index (κ3) is 2.03. The third-order valence-corrected chi connectivity index (χ3v) is 4.18. The summed E-state index contributed by atoms with van der Waals surface area (Å²) in [5.74, 6) is 1.44. The lowest BCUT2D eigenvalue weighted by Crippen LogP contribution is -2.35. The smallest absolute Gasteiger partial charge is 0.533 e. The molecule has 3 rings (SSSR count). The number of benzene rings is 1. The zero-order valence-electron chi connectivity index (χ0n) is 11.6. The number of aromatic nitrogens is 1. The van der Waals surface area contributed by atoms with Gasteiger partial charge in [-0.05, 0) is 48.0 Å². The Balaban J connectivity index is 2.06. The molecule has 0 radical (unpaired) electrons. The van der Waals surface area contributed by atoms with Gasteiger partial charge in [0.1, 0.15) is 11.4 Å². The van der Waals surface area contributed by atoms with Crippen LogP contribution in [0.3, 0.4) is 0 Å². The van der Waals surface area contributed by atoms with Crippen LogP contribution < -0.4 is 10.3 Å². The number of H-pyrrole nitrogens is 1. The molecule has 2 heterocycles. The summed E-state index contributed by atoms with van der Waals surface area (Å²) in [6, 6.07) is 5.85. The molecule has 4 nitrogen and oxygen atoms in total. The number of hydrogen-bond acceptors (Lipinski definition) is 3. The molecular formula is C14H15BBrNO3. The van der Waals surface area contributed by atoms with Crippen LogP contribution in [0.2, 0.25) is 0 Å². The Morgan fingerprint density at radius 3 is 2.75 bits per heavy atom. The van der Waals surface area contributed by atoms with E-state index in [4.69, 9.17) is 14.0 Å². The predicted molar refractivity (Wildman–Crippen MR) is 83.3 cm³/mol. The normalized spacial score (nSPS) is 17.6. The number of methoxy groups -OCH3 is 1. The van der Waals surface area contributed by atoms with Crippen LogP contribution in [0.1, 0.15) is 13.8 Å². The van der Waals surface area contributed by atoms with Crippen molar-refractivity contribution in [3.05, 3.63) is 35.0 Å². The van der Waals surface area contributed by atoms with Crippen LogP contribution >= 0.6 is 15.9 Å². The van der Waals surface area contributed by atoms with Gasteiger partial charge in [0.15, 0.2) is 0 Å². The zero-order chi connectivity index (χ0) is 14.5. The minimum atomic E-state index is -0.483. The average molecular weight is 336 g/mol. The quantitative estimate of drug-likeness (QED) is 0.858. The maximum atomic E-state index is 5.88. The molecule has 6 heteroatoms. The lowest BCUT2D eigenvalue weighted by molar-refractivity contribution is 0.173. The molecule has 0 bridgehead atoms. The van der Waals surface area contributed by atoms with E-state index in [1.54, 1.807) is 7.11 Å². The minimum absolute atomic E-state index is 0.471. The molecule has 1 saturated heterocycles. The fourth-order valence-electron chi connectivity index (χ4n) is 2.24. The van der Waals surface area contributed by atoms with E-state index in [2.05, 4.69) is 27.5 Å². The van der Waals surface area contributed by atoms with E-state index in [1.807, 2.05) is 32.0 Å². The zero-order valence-corrected chi connectivity index (χ0v) is 13.2. The minimum Gasteiger partial charge on any atom is -0.533 e. The topological polar surface area (TPSA) is 43.5 Å². The van der Waals surface area contributed by atoms with Crippen molar-refractivity contribution in [2.24, 2.45) is 0 Å². The number of rotatable bonds is 2. The van der Waals surface area contributed by atoms with Gasteiger partial charge in [-0.3, -0.25) is 0 Å². The lowest BCUT2D eigenvalue weighted by Gasteiger charge is -2.15. The number of fused-ring (bicyclic) bond motifs is 1. The van der Waals surface area contributed by atoms with Crippen molar-refractivity contribution in [2.45, 2.75) is 19.4 Å². The van der Waals surface area contributed by atoms with Crippen LogP contribution in [-0.4, -0.2) is 24.8 Å². The van der Waals surface area contributed by atoms with Crippen LogP contribution in [0.5, 0.6) is 5.75 Å².